The quantitative estimate of drug-likeness (QED) is 0.104. The molecule has 1 aliphatic heterocycles. The van der Waals surface area contributed by atoms with Gasteiger partial charge in [-0.25, -0.2) is 4.79 Å². The zero-order valence-electron chi connectivity index (χ0n) is 25.7. The molecule has 41 heavy (non-hydrogen) atoms. The van der Waals surface area contributed by atoms with E-state index in [4.69, 9.17) is 15.2 Å². The van der Waals surface area contributed by atoms with Crippen LogP contribution in [0, 0.1) is 35.5 Å². The van der Waals surface area contributed by atoms with E-state index in [0.717, 1.165) is 5.57 Å². The first-order valence-electron chi connectivity index (χ1n) is 14.6. The number of amides is 1. The fourth-order valence-corrected chi connectivity index (χ4v) is 5.33. The monoisotopic (exact) mass is 579 g/mol. The second-order valence-corrected chi connectivity index (χ2v) is 11.9. The fourth-order valence-electron chi connectivity index (χ4n) is 5.33. The molecule has 1 amide bonds. The van der Waals surface area contributed by atoms with E-state index in [1.54, 1.807) is 38.2 Å². The Labute approximate surface area is 245 Å². The summed E-state index contributed by atoms with van der Waals surface area (Å²) in [6.07, 6.45) is 6.55. The molecule has 0 radical (unpaired) electrons. The first-order chi connectivity index (χ1) is 19.1. The van der Waals surface area contributed by atoms with Crippen molar-refractivity contribution in [1.82, 2.24) is 0 Å². The minimum Gasteiger partial charge on any atom is -0.462 e. The van der Waals surface area contributed by atoms with Gasteiger partial charge in [-0.2, -0.15) is 0 Å². The van der Waals surface area contributed by atoms with Crippen LogP contribution in [0.2, 0.25) is 0 Å². The maximum atomic E-state index is 11.9. The van der Waals surface area contributed by atoms with Crippen molar-refractivity contribution in [3.05, 3.63) is 48.6 Å². The van der Waals surface area contributed by atoms with Gasteiger partial charge >= 0.3 is 12.1 Å². The number of carbonyl (C=O) groups excluding carboxylic acids is 2. The van der Waals surface area contributed by atoms with Crippen LogP contribution >= 0.6 is 0 Å². The Morgan fingerprint density at radius 2 is 1.71 bits per heavy atom. The van der Waals surface area contributed by atoms with Crippen molar-refractivity contribution in [3.63, 3.8) is 0 Å². The van der Waals surface area contributed by atoms with Gasteiger partial charge in [0.05, 0.1) is 30.3 Å². The SMILES string of the molecule is C=C/C=C\[C@H](C)[C@H](OC(N)=O)[C@@H](C)[C@H](O)CC/C(C)=C\[C@H](C)[C@@H](O)[C@@H](C)/C=C\[C@@H](O)C[C@@H]1OC(=O)[C@H](C)[C@@H](O)[C@H]1C. The van der Waals surface area contributed by atoms with Crippen LogP contribution in [0.15, 0.2) is 48.6 Å². The Kier molecular flexibility index (Phi) is 15.6. The van der Waals surface area contributed by atoms with E-state index >= 15 is 0 Å². The summed E-state index contributed by atoms with van der Waals surface area (Å²) >= 11 is 0. The normalized spacial score (nSPS) is 27.9. The summed E-state index contributed by atoms with van der Waals surface area (Å²) in [4.78, 5) is 23.4. The molecule has 1 aliphatic rings. The molecular weight excluding hydrogens is 526 g/mol. The van der Waals surface area contributed by atoms with E-state index in [0.29, 0.717) is 12.8 Å². The first kappa shape index (κ1) is 36.6. The lowest BCUT2D eigenvalue weighted by Gasteiger charge is -2.36. The van der Waals surface area contributed by atoms with E-state index in [-0.39, 0.29) is 36.0 Å². The summed E-state index contributed by atoms with van der Waals surface area (Å²) in [7, 11) is 0. The van der Waals surface area contributed by atoms with Crippen molar-refractivity contribution in [2.24, 2.45) is 41.2 Å². The van der Waals surface area contributed by atoms with Crippen LogP contribution in [0.5, 0.6) is 0 Å². The van der Waals surface area contributed by atoms with Crippen molar-refractivity contribution >= 4 is 12.1 Å². The number of hydrogen-bond acceptors (Lipinski definition) is 8. The van der Waals surface area contributed by atoms with Gasteiger partial charge < -0.3 is 35.6 Å². The van der Waals surface area contributed by atoms with Crippen LogP contribution in [0.4, 0.5) is 4.79 Å². The zero-order chi connectivity index (χ0) is 31.4. The van der Waals surface area contributed by atoms with Crippen LogP contribution in [0.25, 0.3) is 0 Å². The number of esters is 1. The first-order valence-corrected chi connectivity index (χ1v) is 14.6. The molecule has 234 valence electrons. The number of carbonyl (C=O) groups is 2. The molecule has 0 aromatic rings. The maximum absolute atomic E-state index is 11.9. The summed E-state index contributed by atoms with van der Waals surface area (Å²) in [5.41, 5.74) is 6.27. The van der Waals surface area contributed by atoms with E-state index in [2.05, 4.69) is 6.58 Å². The molecule has 0 aliphatic carbocycles. The molecule has 0 aromatic heterocycles. The van der Waals surface area contributed by atoms with Gasteiger partial charge in [0.25, 0.3) is 0 Å². The molecule has 1 heterocycles. The summed E-state index contributed by atoms with van der Waals surface area (Å²) in [6.45, 7) is 16.5. The average molecular weight is 580 g/mol. The van der Waals surface area contributed by atoms with Gasteiger partial charge in [-0.3, -0.25) is 4.79 Å². The Balaban J connectivity index is 2.68. The molecule has 0 unspecified atom stereocenters. The average Bonchev–Trinajstić information content (AvgIpc) is 2.92. The highest BCUT2D eigenvalue weighted by Gasteiger charge is 2.40. The number of rotatable bonds is 16. The van der Waals surface area contributed by atoms with E-state index in [1.807, 2.05) is 46.8 Å². The van der Waals surface area contributed by atoms with Gasteiger partial charge in [0.2, 0.25) is 0 Å². The molecule has 1 saturated heterocycles. The molecule has 0 aromatic carbocycles. The lowest BCUT2D eigenvalue weighted by Crippen LogP contribution is -2.47. The molecule has 0 saturated carbocycles. The molecule has 12 atom stereocenters. The topological polar surface area (TPSA) is 160 Å². The van der Waals surface area contributed by atoms with Crippen molar-refractivity contribution in [2.45, 2.75) is 104 Å². The van der Waals surface area contributed by atoms with Crippen LogP contribution < -0.4 is 5.73 Å². The highest BCUT2D eigenvalue weighted by atomic mass is 16.6. The minimum absolute atomic E-state index is 0.165. The number of aliphatic hydroxyl groups is 4. The van der Waals surface area contributed by atoms with Crippen LogP contribution in [0.3, 0.4) is 0 Å². The fraction of sp³-hybridized carbons (Fsp3) is 0.688. The lowest BCUT2D eigenvalue weighted by atomic mass is 9.84. The number of primary amides is 1. The maximum Gasteiger partial charge on any atom is 0.404 e. The number of aliphatic hydroxyl groups excluding tert-OH is 4. The van der Waals surface area contributed by atoms with Crippen molar-refractivity contribution in [3.8, 4) is 0 Å². The third-order valence-electron chi connectivity index (χ3n) is 8.29. The Bertz CT molecular complexity index is 931. The summed E-state index contributed by atoms with van der Waals surface area (Å²) in [5, 5.41) is 42.4. The predicted molar refractivity (Wildman–Crippen MR) is 159 cm³/mol. The molecule has 6 N–H and O–H groups in total. The summed E-state index contributed by atoms with van der Waals surface area (Å²) in [5.74, 6) is -2.31. The van der Waals surface area contributed by atoms with Gasteiger partial charge in [-0.15, -0.1) is 0 Å². The number of ether oxygens (including phenoxy) is 2. The zero-order valence-corrected chi connectivity index (χ0v) is 25.7. The minimum atomic E-state index is -0.890. The molecule has 0 spiro atoms. The van der Waals surface area contributed by atoms with Crippen molar-refractivity contribution in [2.75, 3.05) is 0 Å². The number of hydrogen-bond donors (Lipinski definition) is 5. The number of nitrogens with two attached hydrogens (primary N) is 1. The molecule has 9 heteroatoms. The van der Waals surface area contributed by atoms with E-state index < -0.39 is 54.6 Å². The van der Waals surface area contributed by atoms with E-state index in [9.17, 15) is 30.0 Å². The molecular formula is C32H53NO8. The van der Waals surface area contributed by atoms with Crippen LogP contribution in [0.1, 0.15) is 67.7 Å². The molecule has 1 rings (SSSR count). The molecule has 1 fully saturated rings. The summed E-state index contributed by atoms with van der Waals surface area (Å²) in [6, 6.07) is 0. The van der Waals surface area contributed by atoms with Gasteiger partial charge in [0.15, 0.2) is 0 Å². The van der Waals surface area contributed by atoms with Crippen LogP contribution in [-0.2, 0) is 14.3 Å². The van der Waals surface area contributed by atoms with Gasteiger partial charge in [-0.1, -0.05) is 83.2 Å². The smallest absolute Gasteiger partial charge is 0.404 e. The Morgan fingerprint density at radius 1 is 1.07 bits per heavy atom. The third-order valence-corrected chi connectivity index (χ3v) is 8.29. The van der Waals surface area contributed by atoms with Crippen LogP contribution in [-0.4, -0.2) is 69.1 Å². The molecule has 0 bridgehead atoms. The van der Waals surface area contributed by atoms with Crippen molar-refractivity contribution < 1.29 is 39.5 Å². The number of cyclic esters (lactones) is 1. The highest BCUT2D eigenvalue weighted by Crippen LogP contribution is 2.29. The molecule has 9 nitrogen and oxygen atoms in total. The van der Waals surface area contributed by atoms with E-state index in [1.165, 1.54) is 0 Å². The van der Waals surface area contributed by atoms with Gasteiger partial charge in [0, 0.05) is 36.0 Å². The second kappa shape index (κ2) is 17.5. The number of allylic oxidation sites excluding steroid dienone is 3. The van der Waals surface area contributed by atoms with Gasteiger partial charge in [0.1, 0.15) is 12.2 Å². The largest absolute Gasteiger partial charge is 0.462 e. The summed E-state index contributed by atoms with van der Waals surface area (Å²) < 4.78 is 10.7. The predicted octanol–water partition coefficient (Wildman–Crippen LogP) is 4.05. The Hall–Kier alpha value is -2.46. The standard InChI is InChI=1S/C32H53NO8/c1-9-10-11-20(4)30(41-32(33)39)22(6)26(35)15-12-18(2)16-21(5)28(36)19(3)13-14-25(34)17-27-23(7)29(37)24(8)31(38)40-27/h9-11,13-14,16,19-30,34-37H,1,12,15,17H2,2-8H3,(H2,33,39)/b11-10-,14-13-,18-16-/t19-,20-,21-,22-,23-,24+,25+,26+,27-,28-,29-,30-/m0/s1. The second-order valence-electron chi connectivity index (χ2n) is 11.9. The van der Waals surface area contributed by atoms with Gasteiger partial charge in [-0.05, 0) is 26.7 Å². The van der Waals surface area contributed by atoms with Crippen molar-refractivity contribution in [1.29, 1.82) is 0 Å². The highest BCUT2D eigenvalue weighted by molar-refractivity contribution is 5.73. The third kappa shape index (κ3) is 11.7. The Morgan fingerprint density at radius 3 is 2.29 bits per heavy atom. The lowest BCUT2D eigenvalue weighted by molar-refractivity contribution is -0.179.